The number of ether oxygens (including phenoxy) is 1. The number of nitrogens with one attached hydrogen (secondary N) is 1. The topological polar surface area (TPSA) is 38.3 Å². The third-order valence-electron chi connectivity index (χ3n) is 2.12. The Bertz CT molecular complexity index is 454. The Morgan fingerprint density at radius 3 is 2.82 bits per heavy atom. The summed E-state index contributed by atoms with van der Waals surface area (Å²) in [7, 11) is 1.17. The van der Waals surface area contributed by atoms with E-state index in [0.29, 0.717) is 6.07 Å². The number of hydrogen-bond donors (Lipinski definition) is 1. The lowest BCUT2D eigenvalue weighted by Gasteiger charge is -2.15. The average Bonchev–Trinajstić information content (AvgIpc) is 2.31. The zero-order valence-electron chi connectivity index (χ0n) is 9.17. The highest BCUT2D eigenvalue weighted by molar-refractivity contribution is 5.77. The first-order chi connectivity index (χ1) is 8.10. The van der Waals surface area contributed by atoms with Crippen LogP contribution in [0.4, 0.5) is 8.78 Å². The summed E-state index contributed by atoms with van der Waals surface area (Å²) in [6.07, 6.45) is 5.04. The number of carbonyl (C=O) groups excluding carboxylic acids is 1. The van der Waals surface area contributed by atoms with Crippen LogP contribution in [0.15, 0.2) is 18.2 Å². The van der Waals surface area contributed by atoms with E-state index < -0.39 is 23.6 Å². The van der Waals surface area contributed by atoms with Crippen LogP contribution in [0.5, 0.6) is 0 Å². The lowest BCUT2D eigenvalue weighted by Crippen LogP contribution is -2.30. The average molecular weight is 239 g/mol. The van der Waals surface area contributed by atoms with Gasteiger partial charge in [-0.05, 0) is 6.07 Å². The summed E-state index contributed by atoms with van der Waals surface area (Å²) in [5, 5.41) is 2.62. The molecule has 1 rings (SSSR count). The molecule has 0 aliphatic rings. The van der Waals surface area contributed by atoms with Gasteiger partial charge in [0.1, 0.15) is 17.7 Å². The van der Waals surface area contributed by atoms with Crippen molar-refractivity contribution in [2.75, 3.05) is 13.7 Å². The zero-order valence-corrected chi connectivity index (χ0v) is 9.17. The fourth-order valence-corrected chi connectivity index (χ4v) is 1.33. The molecule has 0 bridgehead atoms. The minimum absolute atomic E-state index is 0.00602. The molecule has 0 fully saturated rings. The van der Waals surface area contributed by atoms with Gasteiger partial charge in [-0.25, -0.2) is 13.6 Å². The summed E-state index contributed by atoms with van der Waals surface area (Å²) in [5.41, 5.74) is -0.00602. The van der Waals surface area contributed by atoms with Gasteiger partial charge < -0.3 is 4.74 Å². The van der Waals surface area contributed by atoms with Gasteiger partial charge in [-0.3, -0.25) is 5.32 Å². The summed E-state index contributed by atoms with van der Waals surface area (Å²) < 4.78 is 30.7. The quantitative estimate of drug-likeness (QED) is 0.637. The van der Waals surface area contributed by atoms with Gasteiger partial charge in [-0.15, -0.1) is 6.42 Å². The third-order valence-corrected chi connectivity index (χ3v) is 2.12. The minimum atomic E-state index is -1.04. The number of terminal acetylenes is 1. The second-order valence-electron chi connectivity index (χ2n) is 3.21. The largest absolute Gasteiger partial charge is 0.468 e. The maximum atomic E-state index is 13.5. The molecular formula is C12H11F2NO2. The van der Waals surface area contributed by atoms with Crippen molar-refractivity contribution in [1.82, 2.24) is 5.32 Å². The molecule has 0 aromatic heterocycles. The highest BCUT2D eigenvalue weighted by atomic mass is 19.1. The molecule has 0 saturated heterocycles. The first kappa shape index (κ1) is 13.1. The Morgan fingerprint density at radius 1 is 1.59 bits per heavy atom. The van der Waals surface area contributed by atoms with Crippen LogP contribution in [0.25, 0.3) is 0 Å². The summed E-state index contributed by atoms with van der Waals surface area (Å²) in [5.74, 6) is 0.0285. The van der Waals surface area contributed by atoms with Crippen LogP contribution in [0, 0.1) is 24.0 Å². The second kappa shape index (κ2) is 5.97. The maximum Gasteiger partial charge on any atom is 0.327 e. The zero-order chi connectivity index (χ0) is 12.8. The Morgan fingerprint density at radius 2 is 2.29 bits per heavy atom. The van der Waals surface area contributed by atoms with Crippen LogP contribution in [-0.4, -0.2) is 19.6 Å². The van der Waals surface area contributed by atoms with Crippen molar-refractivity contribution in [3.05, 3.63) is 35.4 Å². The first-order valence-corrected chi connectivity index (χ1v) is 4.79. The van der Waals surface area contributed by atoms with Crippen LogP contribution < -0.4 is 5.32 Å². The van der Waals surface area contributed by atoms with Gasteiger partial charge in [0.2, 0.25) is 0 Å². The van der Waals surface area contributed by atoms with Gasteiger partial charge in [0.25, 0.3) is 0 Å². The van der Waals surface area contributed by atoms with Crippen molar-refractivity contribution in [2.45, 2.75) is 6.04 Å². The van der Waals surface area contributed by atoms with Crippen LogP contribution in [-0.2, 0) is 9.53 Å². The molecule has 0 aliphatic carbocycles. The normalized spacial score (nSPS) is 11.6. The molecule has 5 heteroatoms. The molecule has 1 atom stereocenters. The molecule has 0 radical (unpaired) electrons. The standard InChI is InChI=1S/C12H11F2NO2/c1-3-6-15-11(12(16)17-2)9-5-4-8(13)7-10(9)14/h1,4-5,7,11,15H,6H2,2H3. The molecule has 0 spiro atoms. The molecule has 17 heavy (non-hydrogen) atoms. The van der Waals surface area contributed by atoms with E-state index in [-0.39, 0.29) is 12.1 Å². The van der Waals surface area contributed by atoms with Gasteiger partial charge in [0.15, 0.2) is 0 Å². The summed E-state index contributed by atoms with van der Waals surface area (Å²) >= 11 is 0. The fraction of sp³-hybridized carbons (Fsp3) is 0.250. The molecule has 1 unspecified atom stereocenters. The highest BCUT2D eigenvalue weighted by Gasteiger charge is 2.23. The smallest absolute Gasteiger partial charge is 0.327 e. The molecule has 1 N–H and O–H groups in total. The number of hydrogen-bond acceptors (Lipinski definition) is 3. The Hall–Kier alpha value is -1.93. The molecule has 1 aromatic carbocycles. The second-order valence-corrected chi connectivity index (χ2v) is 3.21. The van der Waals surface area contributed by atoms with E-state index in [1.165, 1.54) is 13.2 Å². The molecule has 0 aliphatic heterocycles. The van der Waals surface area contributed by atoms with Gasteiger partial charge in [-0.2, -0.15) is 0 Å². The molecule has 0 heterocycles. The van der Waals surface area contributed by atoms with Crippen LogP contribution >= 0.6 is 0 Å². The number of methoxy groups -OCH3 is 1. The van der Waals surface area contributed by atoms with E-state index in [4.69, 9.17) is 6.42 Å². The number of benzene rings is 1. The van der Waals surface area contributed by atoms with Crippen LogP contribution in [0.1, 0.15) is 11.6 Å². The molecule has 90 valence electrons. The van der Waals surface area contributed by atoms with Crippen molar-refractivity contribution < 1.29 is 18.3 Å². The molecule has 3 nitrogen and oxygen atoms in total. The van der Waals surface area contributed by atoms with E-state index in [0.717, 1.165) is 6.07 Å². The predicted molar refractivity (Wildman–Crippen MR) is 58.0 cm³/mol. The monoisotopic (exact) mass is 239 g/mol. The summed E-state index contributed by atoms with van der Waals surface area (Å²) in [4.78, 5) is 11.4. The van der Waals surface area contributed by atoms with Crippen LogP contribution in [0.2, 0.25) is 0 Å². The van der Waals surface area contributed by atoms with Gasteiger partial charge >= 0.3 is 5.97 Å². The fourth-order valence-electron chi connectivity index (χ4n) is 1.33. The van der Waals surface area contributed by atoms with Gasteiger partial charge in [0, 0.05) is 11.6 Å². The van der Waals surface area contributed by atoms with Gasteiger partial charge in [-0.1, -0.05) is 12.0 Å². The lowest BCUT2D eigenvalue weighted by atomic mass is 10.1. The number of carbonyl (C=O) groups is 1. The van der Waals surface area contributed by atoms with Crippen molar-refractivity contribution in [2.24, 2.45) is 0 Å². The van der Waals surface area contributed by atoms with E-state index in [1.54, 1.807) is 0 Å². The predicted octanol–water partition coefficient (Wildman–Crippen LogP) is 1.40. The van der Waals surface area contributed by atoms with Crippen LogP contribution in [0.3, 0.4) is 0 Å². The van der Waals surface area contributed by atoms with E-state index in [2.05, 4.69) is 16.0 Å². The molecule has 0 amide bonds. The molecule has 0 saturated carbocycles. The molecular weight excluding hydrogens is 228 g/mol. The Labute approximate surface area is 97.8 Å². The van der Waals surface area contributed by atoms with E-state index in [9.17, 15) is 13.6 Å². The van der Waals surface area contributed by atoms with Crippen molar-refractivity contribution >= 4 is 5.97 Å². The van der Waals surface area contributed by atoms with Crippen molar-refractivity contribution in [3.63, 3.8) is 0 Å². The third kappa shape index (κ3) is 3.26. The summed E-state index contributed by atoms with van der Waals surface area (Å²) in [6, 6.07) is 1.89. The molecule has 1 aromatic rings. The number of rotatable bonds is 4. The van der Waals surface area contributed by atoms with E-state index in [1.807, 2.05) is 0 Å². The van der Waals surface area contributed by atoms with E-state index >= 15 is 0 Å². The van der Waals surface area contributed by atoms with Crippen molar-refractivity contribution in [1.29, 1.82) is 0 Å². The lowest BCUT2D eigenvalue weighted by molar-refractivity contribution is -0.143. The Balaban J connectivity index is 3.04. The summed E-state index contributed by atoms with van der Waals surface area (Å²) in [6.45, 7) is 0.0661. The number of esters is 1. The maximum absolute atomic E-state index is 13.5. The number of halogens is 2. The SMILES string of the molecule is C#CCNC(C(=O)OC)c1ccc(F)cc1F. The first-order valence-electron chi connectivity index (χ1n) is 4.79. The van der Waals surface area contributed by atoms with Crippen molar-refractivity contribution in [3.8, 4) is 12.3 Å². The Kier molecular flexibility index (Phi) is 4.61. The van der Waals surface area contributed by atoms with Gasteiger partial charge in [0.05, 0.1) is 13.7 Å². The minimum Gasteiger partial charge on any atom is -0.468 e. The highest BCUT2D eigenvalue weighted by Crippen LogP contribution is 2.19.